The summed E-state index contributed by atoms with van der Waals surface area (Å²) in [5.74, 6) is 2.36. The minimum atomic E-state index is -0.0621. The number of fused-ring (bicyclic) bond motifs is 1. The predicted molar refractivity (Wildman–Crippen MR) is 93.3 cm³/mol. The van der Waals surface area contributed by atoms with Crippen LogP contribution in [-0.2, 0) is 11.5 Å². The minimum Gasteiger partial charge on any atom is -0.309 e. The maximum atomic E-state index is 12.0. The molecule has 0 saturated carbocycles. The third-order valence-corrected chi connectivity index (χ3v) is 4.66. The summed E-state index contributed by atoms with van der Waals surface area (Å²) in [7, 11) is 0. The van der Waals surface area contributed by atoms with Crippen LogP contribution in [0.25, 0.3) is 10.9 Å². The number of H-pyrrole nitrogens is 1. The molecule has 4 heteroatoms. The van der Waals surface area contributed by atoms with Gasteiger partial charge in [-0.15, -0.1) is 11.8 Å². The van der Waals surface area contributed by atoms with Crippen molar-refractivity contribution in [2.75, 3.05) is 0 Å². The van der Waals surface area contributed by atoms with Crippen LogP contribution >= 0.6 is 11.8 Å². The van der Waals surface area contributed by atoms with E-state index in [-0.39, 0.29) is 5.56 Å². The highest BCUT2D eigenvalue weighted by Crippen LogP contribution is 2.20. The van der Waals surface area contributed by atoms with E-state index in [1.54, 1.807) is 17.8 Å². The Labute approximate surface area is 133 Å². The zero-order valence-corrected chi connectivity index (χ0v) is 13.5. The van der Waals surface area contributed by atoms with E-state index in [1.807, 2.05) is 18.2 Å². The lowest BCUT2D eigenvalue weighted by atomic mass is 10.1. The molecule has 3 rings (SSSR count). The van der Waals surface area contributed by atoms with E-state index in [1.165, 1.54) is 16.7 Å². The molecule has 1 N–H and O–H groups in total. The summed E-state index contributed by atoms with van der Waals surface area (Å²) < 4.78 is 0. The summed E-state index contributed by atoms with van der Waals surface area (Å²) in [4.78, 5) is 19.4. The van der Waals surface area contributed by atoms with E-state index in [0.29, 0.717) is 11.1 Å². The number of aryl methyl sites for hydroxylation is 2. The number of aromatic nitrogens is 2. The standard InChI is InChI=1S/C18H18N2OS/c1-12-7-8-13(2)14(9-12)10-22-11-17-19-16-6-4-3-5-15(16)18(21)20-17/h3-9H,10-11H2,1-2H3,(H,19,20,21). The van der Waals surface area contributed by atoms with E-state index >= 15 is 0 Å². The van der Waals surface area contributed by atoms with E-state index < -0.39 is 0 Å². The van der Waals surface area contributed by atoms with Gasteiger partial charge in [-0.25, -0.2) is 4.98 Å². The van der Waals surface area contributed by atoms with Crippen molar-refractivity contribution in [3.63, 3.8) is 0 Å². The molecule has 0 aliphatic heterocycles. The summed E-state index contributed by atoms with van der Waals surface area (Å²) >= 11 is 1.77. The fourth-order valence-corrected chi connectivity index (χ4v) is 3.38. The van der Waals surface area contributed by atoms with Crippen molar-refractivity contribution in [3.05, 3.63) is 75.3 Å². The number of nitrogens with zero attached hydrogens (tertiary/aromatic N) is 1. The SMILES string of the molecule is Cc1ccc(C)c(CSCc2nc3ccccc3c(=O)[nH]2)c1. The first kappa shape index (κ1) is 14.9. The molecule has 1 aromatic heterocycles. The zero-order valence-electron chi connectivity index (χ0n) is 12.7. The summed E-state index contributed by atoms with van der Waals surface area (Å²) in [5, 5.41) is 0.644. The first-order chi connectivity index (χ1) is 10.6. The Kier molecular flexibility index (Phi) is 4.29. The van der Waals surface area contributed by atoms with Crippen LogP contribution in [0.3, 0.4) is 0 Å². The van der Waals surface area contributed by atoms with Gasteiger partial charge in [-0.2, -0.15) is 0 Å². The average Bonchev–Trinajstić information content (AvgIpc) is 2.51. The van der Waals surface area contributed by atoms with Gasteiger partial charge < -0.3 is 4.98 Å². The Morgan fingerprint density at radius 2 is 1.91 bits per heavy atom. The zero-order chi connectivity index (χ0) is 15.5. The molecular formula is C18H18N2OS. The van der Waals surface area contributed by atoms with E-state index in [9.17, 15) is 4.79 Å². The van der Waals surface area contributed by atoms with Crippen molar-refractivity contribution in [2.24, 2.45) is 0 Å². The van der Waals surface area contributed by atoms with Crippen LogP contribution in [0.1, 0.15) is 22.5 Å². The van der Waals surface area contributed by atoms with Crippen LogP contribution in [0.2, 0.25) is 0 Å². The van der Waals surface area contributed by atoms with Crippen molar-refractivity contribution in [2.45, 2.75) is 25.4 Å². The van der Waals surface area contributed by atoms with Crippen molar-refractivity contribution in [3.8, 4) is 0 Å². The van der Waals surface area contributed by atoms with Crippen LogP contribution in [0, 0.1) is 13.8 Å². The molecular weight excluding hydrogens is 292 g/mol. The van der Waals surface area contributed by atoms with Crippen molar-refractivity contribution < 1.29 is 0 Å². The molecule has 2 aromatic carbocycles. The van der Waals surface area contributed by atoms with Crippen LogP contribution in [-0.4, -0.2) is 9.97 Å². The number of hydrogen-bond donors (Lipinski definition) is 1. The molecule has 0 aliphatic rings. The molecule has 112 valence electrons. The molecule has 0 spiro atoms. The molecule has 0 unspecified atom stereocenters. The molecule has 0 fully saturated rings. The molecule has 0 amide bonds. The average molecular weight is 310 g/mol. The quantitative estimate of drug-likeness (QED) is 0.793. The van der Waals surface area contributed by atoms with Gasteiger partial charge in [0.05, 0.1) is 16.7 Å². The Morgan fingerprint density at radius 1 is 1.09 bits per heavy atom. The van der Waals surface area contributed by atoms with E-state index in [2.05, 4.69) is 42.0 Å². The highest BCUT2D eigenvalue weighted by atomic mass is 32.2. The van der Waals surface area contributed by atoms with Gasteiger partial charge in [0.25, 0.3) is 5.56 Å². The number of nitrogens with one attached hydrogen (secondary N) is 1. The molecule has 3 aromatic rings. The highest BCUT2D eigenvalue weighted by molar-refractivity contribution is 7.97. The summed E-state index contributed by atoms with van der Waals surface area (Å²) in [5.41, 5.74) is 4.62. The Morgan fingerprint density at radius 3 is 2.77 bits per heavy atom. The number of benzene rings is 2. The summed E-state index contributed by atoms with van der Waals surface area (Å²) in [6.07, 6.45) is 0. The molecule has 0 saturated heterocycles. The number of thioether (sulfide) groups is 1. The molecule has 0 aliphatic carbocycles. The van der Waals surface area contributed by atoms with Crippen molar-refractivity contribution >= 4 is 22.7 Å². The maximum Gasteiger partial charge on any atom is 0.258 e. The normalized spacial score (nSPS) is 11.0. The van der Waals surface area contributed by atoms with Gasteiger partial charge in [0.1, 0.15) is 5.82 Å². The second kappa shape index (κ2) is 6.36. The first-order valence-corrected chi connectivity index (χ1v) is 8.41. The minimum absolute atomic E-state index is 0.0621. The third kappa shape index (κ3) is 3.22. The Balaban J connectivity index is 1.74. The Hall–Kier alpha value is -2.07. The monoisotopic (exact) mass is 310 g/mol. The van der Waals surface area contributed by atoms with Crippen LogP contribution < -0.4 is 5.56 Å². The molecule has 0 atom stereocenters. The highest BCUT2D eigenvalue weighted by Gasteiger charge is 2.04. The van der Waals surface area contributed by atoms with Crippen molar-refractivity contribution in [1.82, 2.24) is 9.97 Å². The fraction of sp³-hybridized carbons (Fsp3) is 0.222. The molecule has 22 heavy (non-hydrogen) atoms. The predicted octanol–water partition coefficient (Wildman–Crippen LogP) is 3.97. The topological polar surface area (TPSA) is 45.8 Å². The second-order valence-electron chi connectivity index (χ2n) is 5.45. The van der Waals surface area contributed by atoms with Gasteiger partial charge >= 0.3 is 0 Å². The molecule has 0 radical (unpaired) electrons. The third-order valence-electron chi connectivity index (χ3n) is 3.66. The maximum absolute atomic E-state index is 12.0. The summed E-state index contributed by atoms with van der Waals surface area (Å²) in [6.45, 7) is 4.24. The van der Waals surface area contributed by atoms with Gasteiger partial charge in [-0.3, -0.25) is 4.79 Å². The lowest BCUT2D eigenvalue weighted by Gasteiger charge is -2.07. The summed E-state index contributed by atoms with van der Waals surface area (Å²) in [6, 6.07) is 13.9. The smallest absolute Gasteiger partial charge is 0.258 e. The molecule has 0 bridgehead atoms. The van der Waals surface area contributed by atoms with Gasteiger partial charge in [0.15, 0.2) is 0 Å². The number of para-hydroxylation sites is 1. The van der Waals surface area contributed by atoms with Crippen LogP contribution in [0.15, 0.2) is 47.3 Å². The van der Waals surface area contributed by atoms with Gasteiger partial charge in [0, 0.05) is 5.75 Å². The first-order valence-electron chi connectivity index (χ1n) is 7.25. The van der Waals surface area contributed by atoms with E-state index in [4.69, 9.17) is 0 Å². The fourth-order valence-electron chi connectivity index (χ4n) is 2.42. The number of hydrogen-bond acceptors (Lipinski definition) is 3. The van der Waals surface area contributed by atoms with Gasteiger partial charge in [0.2, 0.25) is 0 Å². The lowest BCUT2D eigenvalue weighted by Crippen LogP contribution is -2.11. The molecule has 3 nitrogen and oxygen atoms in total. The van der Waals surface area contributed by atoms with E-state index in [0.717, 1.165) is 17.1 Å². The molecule has 1 heterocycles. The number of aromatic amines is 1. The second-order valence-corrected chi connectivity index (χ2v) is 6.44. The van der Waals surface area contributed by atoms with Crippen LogP contribution in [0.5, 0.6) is 0 Å². The lowest BCUT2D eigenvalue weighted by molar-refractivity contribution is 1.04. The largest absolute Gasteiger partial charge is 0.309 e. The van der Waals surface area contributed by atoms with Gasteiger partial charge in [-0.1, -0.05) is 35.9 Å². The van der Waals surface area contributed by atoms with Gasteiger partial charge in [-0.05, 0) is 37.1 Å². The number of rotatable bonds is 4. The Bertz CT molecular complexity index is 870. The van der Waals surface area contributed by atoms with Crippen LogP contribution in [0.4, 0.5) is 0 Å². The van der Waals surface area contributed by atoms with Crippen molar-refractivity contribution in [1.29, 1.82) is 0 Å².